The smallest absolute Gasteiger partial charge is 0.258 e. The van der Waals surface area contributed by atoms with Crippen molar-refractivity contribution < 1.29 is 14.3 Å². The summed E-state index contributed by atoms with van der Waals surface area (Å²) in [5, 5.41) is 5.16. The molecule has 4 rings (SSSR count). The Bertz CT molecular complexity index is 967. The number of amides is 1. The van der Waals surface area contributed by atoms with Gasteiger partial charge in [0.2, 0.25) is 0 Å². The molecule has 4 heteroatoms. The van der Waals surface area contributed by atoms with Crippen LogP contribution in [-0.4, -0.2) is 25.7 Å². The molecule has 0 spiro atoms. The quantitative estimate of drug-likeness (QED) is 0.627. The molecule has 1 aliphatic rings. The van der Waals surface area contributed by atoms with Gasteiger partial charge in [-0.1, -0.05) is 36.4 Å². The van der Waals surface area contributed by atoms with Crippen molar-refractivity contribution in [2.75, 3.05) is 19.8 Å². The molecule has 28 heavy (non-hydrogen) atoms. The highest BCUT2D eigenvalue weighted by molar-refractivity contribution is 5.83. The molecule has 144 valence electrons. The molecule has 0 aromatic heterocycles. The minimum atomic E-state index is -0.139. The largest absolute Gasteiger partial charge is 0.492 e. The number of aryl methyl sites for hydroxylation is 2. The molecular formula is C24H25NO3. The zero-order valence-corrected chi connectivity index (χ0v) is 15.9. The number of hydrogen-bond donors (Lipinski definition) is 1. The first kappa shape index (κ1) is 18.4. The fraction of sp³-hybridized carbons (Fsp3) is 0.292. The monoisotopic (exact) mass is 375 g/mol. The molecule has 3 aromatic carbocycles. The molecule has 0 saturated carbocycles. The molecule has 0 saturated heterocycles. The standard InChI is InChI=1S/C24H25NO3/c26-24(17-28-23-12-10-19-6-2-4-8-21(19)16-23)25-13-14-27-22-11-9-18-5-1-3-7-20(18)15-22/h1,3,5,7,9-12,15-16H,2,4,6,8,13-14,17H2,(H,25,26). The molecule has 0 radical (unpaired) electrons. The molecule has 1 aliphatic carbocycles. The van der Waals surface area contributed by atoms with Gasteiger partial charge >= 0.3 is 0 Å². The van der Waals surface area contributed by atoms with Gasteiger partial charge in [-0.25, -0.2) is 0 Å². The first-order valence-corrected chi connectivity index (χ1v) is 9.91. The van der Waals surface area contributed by atoms with Crippen LogP contribution in [0.1, 0.15) is 24.0 Å². The summed E-state index contributed by atoms with van der Waals surface area (Å²) in [5.74, 6) is 1.43. The van der Waals surface area contributed by atoms with E-state index in [1.165, 1.54) is 29.4 Å². The Morgan fingerprint density at radius 1 is 0.821 bits per heavy atom. The Kier molecular flexibility index (Phi) is 5.76. The maximum atomic E-state index is 12.0. The Balaban J connectivity index is 1.19. The van der Waals surface area contributed by atoms with Gasteiger partial charge in [0, 0.05) is 0 Å². The van der Waals surface area contributed by atoms with Crippen LogP contribution in [0.4, 0.5) is 0 Å². The van der Waals surface area contributed by atoms with Crippen LogP contribution in [0, 0.1) is 0 Å². The van der Waals surface area contributed by atoms with Crippen molar-refractivity contribution in [3.63, 3.8) is 0 Å². The van der Waals surface area contributed by atoms with E-state index in [0.717, 1.165) is 29.7 Å². The van der Waals surface area contributed by atoms with Crippen LogP contribution in [-0.2, 0) is 17.6 Å². The van der Waals surface area contributed by atoms with Crippen molar-refractivity contribution in [1.82, 2.24) is 5.32 Å². The topological polar surface area (TPSA) is 47.6 Å². The Hall–Kier alpha value is -3.01. The maximum Gasteiger partial charge on any atom is 0.258 e. The highest BCUT2D eigenvalue weighted by Crippen LogP contribution is 2.25. The maximum absolute atomic E-state index is 12.0. The van der Waals surface area contributed by atoms with E-state index in [-0.39, 0.29) is 12.5 Å². The van der Waals surface area contributed by atoms with Crippen LogP contribution in [0.3, 0.4) is 0 Å². The van der Waals surface area contributed by atoms with E-state index in [4.69, 9.17) is 9.47 Å². The van der Waals surface area contributed by atoms with E-state index in [9.17, 15) is 4.79 Å². The van der Waals surface area contributed by atoms with Gasteiger partial charge in [-0.2, -0.15) is 0 Å². The highest BCUT2D eigenvalue weighted by Gasteiger charge is 2.10. The Morgan fingerprint density at radius 3 is 2.46 bits per heavy atom. The van der Waals surface area contributed by atoms with Crippen LogP contribution in [0.2, 0.25) is 0 Å². The summed E-state index contributed by atoms with van der Waals surface area (Å²) in [4.78, 5) is 12.0. The average molecular weight is 375 g/mol. The minimum Gasteiger partial charge on any atom is -0.492 e. The van der Waals surface area contributed by atoms with Gasteiger partial charge in [0.25, 0.3) is 5.91 Å². The fourth-order valence-electron chi connectivity index (χ4n) is 3.62. The van der Waals surface area contributed by atoms with Gasteiger partial charge in [0.05, 0.1) is 6.54 Å². The van der Waals surface area contributed by atoms with E-state index in [0.29, 0.717) is 13.2 Å². The summed E-state index contributed by atoms with van der Waals surface area (Å²) in [6.07, 6.45) is 4.74. The average Bonchev–Trinajstić information content (AvgIpc) is 2.75. The van der Waals surface area contributed by atoms with Gasteiger partial charge < -0.3 is 14.8 Å². The predicted molar refractivity (Wildman–Crippen MR) is 111 cm³/mol. The molecular weight excluding hydrogens is 350 g/mol. The van der Waals surface area contributed by atoms with E-state index in [1.807, 2.05) is 36.4 Å². The summed E-state index contributed by atoms with van der Waals surface area (Å²) >= 11 is 0. The molecule has 4 nitrogen and oxygen atoms in total. The summed E-state index contributed by atoms with van der Waals surface area (Å²) in [5.41, 5.74) is 2.77. The number of carbonyl (C=O) groups is 1. The highest BCUT2D eigenvalue weighted by atomic mass is 16.5. The van der Waals surface area contributed by atoms with Crippen LogP contribution in [0.5, 0.6) is 11.5 Å². The molecule has 0 atom stereocenters. The molecule has 0 heterocycles. The van der Waals surface area contributed by atoms with Crippen LogP contribution in [0.25, 0.3) is 10.8 Å². The van der Waals surface area contributed by atoms with Crippen molar-refractivity contribution in [1.29, 1.82) is 0 Å². The van der Waals surface area contributed by atoms with E-state index >= 15 is 0 Å². The van der Waals surface area contributed by atoms with Crippen molar-refractivity contribution >= 4 is 16.7 Å². The van der Waals surface area contributed by atoms with Gasteiger partial charge in [-0.15, -0.1) is 0 Å². The zero-order valence-electron chi connectivity index (χ0n) is 15.9. The Morgan fingerprint density at radius 2 is 1.57 bits per heavy atom. The van der Waals surface area contributed by atoms with Crippen molar-refractivity contribution in [3.8, 4) is 11.5 Å². The normalized spacial score (nSPS) is 13.0. The number of benzene rings is 3. The van der Waals surface area contributed by atoms with Gasteiger partial charge in [0.15, 0.2) is 6.61 Å². The lowest BCUT2D eigenvalue weighted by Crippen LogP contribution is -2.32. The van der Waals surface area contributed by atoms with Crippen LogP contribution >= 0.6 is 0 Å². The van der Waals surface area contributed by atoms with Crippen molar-refractivity contribution in [2.45, 2.75) is 25.7 Å². The molecule has 3 aromatic rings. The lowest BCUT2D eigenvalue weighted by Gasteiger charge is -2.16. The van der Waals surface area contributed by atoms with Crippen molar-refractivity contribution in [2.24, 2.45) is 0 Å². The third-order valence-corrected chi connectivity index (χ3v) is 5.10. The van der Waals surface area contributed by atoms with Crippen LogP contribution in [0.15, 0.2) is 60.7 Å². The summed E-state index contributed by atoms with van der Waals surface area (Å²) in [6.45, 7) is 0.886. The number of fused-ring (bicyclic) bond motifs is 2. The number of rotatable bonds is 7. The molecule has 1 N–H and O–H groups in total. The lowest BCUT2D eigenvalue weighted by molar-refractivity contribution is -0.123. The first-order valence-electron chi connectivity index (χ1n) is 9.91. The molecule has 0 unspecified atom stereocenters. The zero-order chi connectivity index (χ0) is 19.2. The SMILES string of the molecule is O=C(COc1ccc2c(c1)CCCC2)NCCOc1ccc2ccccc2c1. The molecule has 1 amide bonds. The van der Waals surface area contributed by atoms with Crippen molar-refractivity contribution in [3.05, 3.63) is 71.8 Å². The minimum absolute atomic E-state index is 0.0226. The summed E-state index contributed by atoms with van der Waals surface area (Å²) in [7, 11) is 0. The van der Waals surface area contributed by atoms with Gasteiger partial charge in [-0.05, 0) is 71.8 Å². The van der Waals surface area contributed by atoms with Gasteiger partial charge in [0.1, 0.15) is 18.1 Å². The number of nitrogens with one attached hydrogen (secondary N) is 1. The summed E-state index contributed by atoms with van der Waals surface area (Å²) in [6, 6.07) is 20.3. The first-order chi connectivity index (χ1) is 13.8. The molecule has 0 aliphatic heterocycles. The number of ether oxygens (including phenoxy) is 2. The molecule has 0 bridgehead atoms. The molecule has 0 fully saturated rings. The van der Waals surface area contributed by atoms with Gasteiger partial charge in [-0.3, -0.25) is 4.79 Å². The summed E-state index contributed by atoms with van der Waals surface area (Å²) < 4.78 is 11.4. The second-order valence-electron chi connectivity index (χ2n) is 7.13. The third-order valence-electron chi connectivity index (χ3n) is 5.10. The lowest BCUT2D eigenvalue weighted by atomic mass is 9.92. The second-order valence-corrected chi connectivity index (χ2v) is 7.13. The van der Waals surface area contributed by atoms with E-state index in [1.54, 1.807) is 0 Å². The number of carbonyl (C=O) groups excluding carboxylic acids is 1. The number of hydrogen-bond acceptors (Lipinski definition) is 3. The van der Waals surface area contributed by atoms with E-state index in [2.05, 4.69) is 29.6 Å². The van der Waals surface area contributed by atoms with Crippen LogP contribution < -0.4 is 14.8 Å². The third kappa shape index (κ3) is 4.63. The second kappa shape index (κ2) is 8.79. The predicted octanol–water partition coefficient (Wildman–Crippen LogP) is 4.29. The fourth-order valence-corrected chi connectivity index (χ4v) is 3.62. The Labute approximate surface area is 165 Å². The van der Waals surface area contributed by atoms with E-state index < -0.39 is 0 Å².